The SMILES string of the molecule is C[C@H]1C[C@@H](NC(=O)O)CN(c2ccc(C(F)F)c3nccnc23)C1. The molecular formula is C16H18F2N4O2. The zero-order chi connectivity index (χ0) is 17.3. The third-order valence-electron chi connectivity index (χ3n) is 4.20. The van der Waals surface area contributed by atoms with E-state index in [4.69, 9.17) is 5.11 Å². The highest BCUT2D eigenvalue weighted by Crippen LogP contribution is 2.33. The van der Waals surface area contributed by atoms with E-state index < -0.39 is 12.5 Å². The first-order valence-corrected chi connectivity index (χ1v) is 7.72. The van der Waals surface area contributed by atoms with E-state index in [2.05, 4.69) is 15.3 Å². The highest BCUT2D eigenvalue weighted by atomic mass is 19.3. The summed E-state index contributed by atoms with van der Waals surface area (Å²) in [5.41, 5.74) is 1.16. The number of fused-ring (bicyclic) bond motifs is 1. The van der Waals surface area contributed by atoms with Crippen LogP contribution < -0.4 is 10.2 Å². The average Bonchev–Trinajstić information content (AvgIpc) is 2.52. The molecule has 2 heterocycles. The van der Waals surface area contributed by atoms with Gasteiger partial charge in [0.2, 0.25) is 0 Å². The van der Waals surface area contributed by atoms with Crippen LogP contribution in [0.3, 0.4) is 0 Å². The van der Waals surface area contributed by atoms with Crippen molar-refractivity contribution in [2.75, 3.05) is 18.0 Å². The van der Waals surface area contributed by atoms with Gasteiger partial charge in [0.05, 0.1) is 11.2 Å². The number of anilines is 1. The standard InChI is InChI=1S/C16H18F2N4O2/c1-9-6-10(21-16(23)24)8-22(7-9)12-3-2-11(15(17)18)13-14(12)20-5-4-19-13/h2-5,9-10,15,21H,6-8H2,1H3,(H,23,24)/t9-,10+/m0/s1. The first-order valence-electron chi connectivity index (χ1n) is 7.72. The predicted molar refractivity (Wildman–Crippen MR) is 85.4 cm³/mol. The van der Waals surface area contributed by atoms with Crippen LogP contribution in [0.5, 0.6) is 0 Å². The fourth-order valence-electron chi connectivity index (χ4n) is 3.32. The number of carbonyl (C=O) groups is 1. The number of nitrogens with zero attached hydrogens (tertiary/aromatic N) is 3. The molecule has 8 heteroatoms. The minimum atomic E-state index is -2.63. The van der Waals surface area contributed by atoms with Crippen LogP contribution in [0, 0.1) is 5.92 Å². The Balaban J connectivity index is 1.99. The largest absolute Gasteiger partial charge is 0.465 e. The van der Waals surface area contributed by atoms with Crippen molar-refractivity contribution >= 4 is 22.8 Å². The third kappa shape index (κ3) is 3.22. The number of alkyl halides is 2. The molecule has 2 N–H and O–H groups in total. The normalized spacial score (nSPS) is 21.2. The maximum absolute atomic E-state index is 13.2. The topological polar surface area (TPSA) is 78.4 Å². The second-order valence-electron chi connectivity index (χ2n) is 6.12. The van der Waals surface area contributed by atoms with E-state index in [1.165, 1.54) is 18.5 Å². The van der Waals surface area contributed by atoms with Crippen molar-refractivity contribution in [1.82, 2.24) is 15.3 Å². The molecule has 0 spiro atoms. The Morgan fingerprint density at radius 2 is 2.00 bits per heavy atom. The highest BCUT2D eigenvalue weighted by molar-refractivity contribution is 5.90. The van der Waals surface area contributed by atoms with Gasteiger partial charge in [-0.05, 0) is 24.5 Å². The van der Waals surface area contributed by atoms with Gasteiger partial charge in [-0.2, -0.15) is 0 Å². The van der Waals surface area contributed by atoms with Crippen LogP contribution >= 0.6 is 0 Å². The van der Waals surface area contributed by atoms with E-state index in [0.29, 0.717) is 24.3 Å². The number of hydrogen-bond donors (Lipinski definition) is 2. The van der Waals surface area contributed by atoms with Gasteiger partial charge in [-0.15, -0.1) is 0 Å². The van der Waals surface area contributed by atoms with Crippen molar-refractivity contribution < 1.29 is 18.7 Å². The number of hydrogen-bond acceptors (Lipinski definition) is 4. The summed E-state index contributed by atoms with van der Waals surface area (Å²) in [6.45, 7) is 3.21. The highest BCUT2D eigenvalue weighted by Gasteiger charge is 2.28. The Hall–Kier alpha value is -2.51. The number of benzene rings is 1. The second-order valence-corrected chi connectivity index (χ2v) is 6.12. The summed E-state index contributed by atoms with van der Waals surface area (Å²) in [6, 6.07) is 2.78. The number of halogens is 2. The second kappa shape index (κ2) is 6.54. The number of rotatable bonds is 3. The van der Waals surface area contributed by atoms with Crippen molar-refractivity contribution in [2.45, 2.75) is 25.8 Å². The van der Waals surface area contributed by atoms with Crippen LogP contribution in [0.25, 0.3) is 11.0 Å². The number of aromatic nitrogens is 2. The summed E-state index contributed by atoms with van der Waals surface area (Å²) in [6.07, 6.45) is -0.0825. The lowest BCUT2D eigenvalue weighted by Gasteiger charge is -2.38. The molecule has 2 aromatic rings. The molecule has 1 saturated heterocycles. The molecule has 0 saturated carbocycles. The zero-order valence-electron chi connectivity index (χ0n) is 13.1. The van der Waals surface area contributed by atoms with Crippen LogP contribution in [0.4, 0.5) is 19.3 Å². The first kappa shape index (κ1) is 16.4. The number of carboxylic acid groups (broad SMARTS) is 1. The van der Waals surface area contributed by atoms with E-state index in [1.54, 1.807) is 6.07 Å². The Bertz CT molecular complexity index is 756. The Morgan fingerprint density at radius 3 is 2.67 bits per heavy atom. The monoisotopic (exact) mass is 336 g/mol. The van der Waals surface area contributed by atoms with Crippen molar-refractivity contribution in [3.63, 3.8) is 0 Å². The maximum atomic E-state index is 13.2. The van der Waals surface area contributed by atoms with Gasteiger partial charge in [0.15, 0.2) is 0 Å². The maximum Gasteiger partial charge on any atom is 0.404 e. The molecule has 1 aliphatic heterocycles. The molecule has 128 valence electrons. The van der Waals surface area contributed by atoms with Crippen molar-refractivity contribution in [2.24, 2.45) is 5.92 Å². The quantitative estimate of drug-likeness (QED) is 0.901. The van der Waals surface area contributed by atoms with Gasteiger partial charge in [-0.3, -0.25) is 9.97 Å². The Labute approximate surface area is 137 Å². The Morgan fingerprint density at radius 1 is 1.29 bits per heavy atom. The number of amides is 1. The molecule has 1 amide bonds. The van der Waals surface area contributed by atoms with Crippen LogP contribution in [0.1, 0.15) is 25.3 Å². The lowest BCUT2D eigenvalue weighted by molar-refractivity contribution is 0.153. The van der Waals surface area contributed by atoms with Crippen LogP contribution in [-0.4, -0.2) is 40.3 Å². The van der Waals surface area contributed by atoms with Gasteiger partial charge >= 0.3 is 6.09 Å². The van der Waals surface area contributed by atoms with E-state index in [9.17, 15) is 13.6 Å². The van der Waals surface area contributed by atoms with Crippen LogP contribution in [0.15, 0.2) is 24.5 Å². The van der Waals surface area contributed by atoms with Gasteiger partial charge in [-0.1, -0.05) is 6.92 Å². The molecule has 0 bridgehead atoms. The van der Waals surface area contributed by atoms with Gasteiger partial charge < -0.3 is 15.3 Å². The predicted octanol–water partition coefficient (Wildman–Crippen LogP) is 3.05. The molecule has 1 aromatic heterocycles. The van der Waals surface area contributed by atoms with Gasteiger partial charge in [0.25, 0.3) is 6.43 Å². The Kier molecular flexibility index (Phi) is 4.46. The van der Waals surface area contributed by atoms with Gasteiger partial charge in [0.1, 0.15) is 5.52 Å². The molecule has 2 atom stereocenters. The third-order valence-corrected chi connectivity index (χ3v) is 4.20. The van der Waals surface area contributed by atoms with Crippen LogP contribution in [0.2, 0.25) is 0 Å². The van der Waals surface area contributed by atoms with Gasteiger partial charge in [-0.25, -0.2) is 13.6 Å². The summed E-state index contributed by atoms with van der Waals surface area (Å²) in [5, 5.41) is 11.5. The fraction of sp³-hybridized carbons (Fsp3) is 0.438. The van der Waals surface area contributed by atoms with Crippen molar-refractivity contribution in [3.8, 4) is 0 Å². The molecule has 0 unspecified atom stereocenters. The minimum Gasteiger partial charge on any atom is -0.465 e. The molecular weight excluding hydrogens is 318 g/mol. The number of piperidine rings is 1. The molecule has 24 heavy (non-hydrogen) atoms. The first-order chi connectivity index (χ1) is 11.5. The van der Waals surface area contributed by atoms with E-state index in [1.807, 2.05) is 11.8 Å². The minimum absolute atomic E-state index is 0.146. The zero-order valence-corrected chi connectivity index (χ0v) is 13.1. The van der Waals surface area contributed by atoms with Crippen LogP contribution in [-0.2, 0) is 0 Å². The smallest absolute Gasteiger partial charge is 0.404 e. The average molecular weight is 336 g/mol. The number of nitrogens with one attached hydrogen (secondary N) is 1. The van der Waals surface area contributed by atoms with Crippen molar-refractivity contribution in [1.29, 1.82) is 0 Å². The lowest BCUT2D eigenvalue weighted by atomic mass is 9.95. The van der Waals surface area contributed by atoms with E-state index >= 15 is 0 Å². The molecule has 1 aliphatic rings. The van der Waals surface area contributed by atoms with Gasteiger partial charge in [0, 0.05) is 37.1 Å². The molecule has 6 nitrogen and oxygen atoms in total. The summed E-state index contributed by atoms with van der Waals surface area (Å²) in [7, 11) is 0. The summed E-state index contributed by atoms with van der Waals surface area (Å²) < 4.78 is 26.4. The summed E-state index contributed by atoms with van der Waals surface area (Å²) in [5.74, 6) is 0.261. The fourth-order valence-corrected chi connectivity index (χ4v) is 3.32. The summed E-state index contributed by atoms with van der Waals surface area (Å²) in [4.78, 5) is 21.2. The lowest BCUT2D eigenvalue weighted by Crippen LogP contribution is -2.50. The van der Waals surface area contributed by atoms with E-state index in [-0.39, 0.29) is 23.0 Å². The molecule has 1 fully saturated rings. The molecule has 0 aliphatic carbocycles. The summed E-state index contributed by atoms with van der Waals surface area (Å²) >= 11 is 0. The molecule has 1 aromatic carbocycles. The van der Waals surface area contributed by atoms with Crippen molar-refractivity contribution in [3.05, 3.63) is 30.1 Å². The molecule has 3 rings (SSSR count). The van der Waals surface area contributed by atoms with E-state index in [0.717, 1.165) is 6.42 Å². The molecule has 0 radical (unpaired) electrons.